The first-order valence-corrected chi connectivity index (χ1v) is 13.4. The van der Waals surface area contributed by atoms with E-state index in [4.69, 9.17) is 0 Å². The molecule has 2 saturated heterocycles. The minimum absolute atomic E-state index is 0.0372. The third-order valence-electron chi connectivity index (χ3n) is 6.62. The third kappa shape index (κ3) is 5.95. The molecule has 1 N–H and O–H groups in total. The molecule has 33 heavy (non-hydrogen) atoms. The maximum absolute atomic E-state index is 13.4. The molecule has 9 nitrogen and oxygen atoms in total. The minimum Gasteiger partial charge on any atom is -0.350 e. The van der Waals surface area contributed by atoms with Crippen molar-refractivity contribution < 1.29 is 18.0 Å². The van der Waals surface area contributed by atoms with Gasteiger partial charge in [0.25, 0.3) is 0 Å². The Morgan fingerprint density at radius 2 is 1.61 bits per heavy atom. The molecule has 1 aromatic rings. The minimum atomic E-state index is -3.76. The molecule has 0 aliphatic carbocycles. The average Bonchev–Trinajstić information content (AvgIpc) is 3.00. The molecule has 2 amide bonds. The van der Waals surface area contributed by atoms with Crippen LogP contribution < -0.4 is 5.32 Å². The average molecular weight is 482 g/mol. The predicted octanol–water partition coefficient (Wildman–Crippen LogP) is 2.07. The molecule has 3 heterocycles. The van der Waals surface area contributed by atoms with Crippen LogP contribution in [0.4, 0.5) is 0 Å². The molecule has 10 heteroatoms. The number of carbonyl (C=O) groups is 2. The lowest BCUT2D eigenvalue weighted by Crippen LogP contribution is -2.46. The lowest BCUT2D eigenvalue weighted by atomic mass is 9.93. The highest BCUT2D eigenvalue weighted by Crippen LogP contribution is 2.29. The van der Waals surface area contributed by atoms with E-state index < -0.39 is 10.0 Å². The van der Waals surface area contributed by atoms with Crippen LogP contribution in [0.3, 0.4) is 0 Å². The van der Waals surface area contributed by atoms with Gasteiger partial charge >= 0.3 is 0 Å². The van der Waals surface area contributed by atoms with E-state index in [-0.39, 0.29) is 34.7 Å². The summed E-state index contributed by atoms with van der Waals surface area (Å²) in [5.74, 6) is 0.497. The van der Waals surface area contributed by atoms with Crippen LogP contribution in [0.2, 0.25) is 0 Å². The van der Waals surface area contributed by atoms with Gasteiger partial charge in [0.1, 0.15) is 11.4 Å². The molecule has 0 radical (unpaired) electrons. The van der Waals surface area contributed by atoms with Crippen molar-refractivity contribution in [2.75, 3.05) is 26.2 Å². The van der Waals surface area contributed by atoms with E-state index in [2.05, 4.69) is 17.3 Å². The Bertz CT molecular complexity index is 979. The summed E-state index contributed by atoms with van der Waals surface area (Å²) in [6.07, 6.45) is 3.14. The third-order valence-corrected chi connectivity index (χ3v) is 8.77. The van der Waals surface area contributed by atoms with Crippen molar-refractivity contribution in [3.8, 4) is 0 Å². The fourth-order valence-electron chi connectivity index (χ4n) is 4.76. The first kappa shape index (κ1) is 25.7. The number of hydrogen-bond acceptors (Lipinski definition) is 5. The Labute approximate surface area is 197 Å². The number of amides is 2. The standard InChI is InChI=1S/C23H39N5O4S/c1-16-7-11-26(12-8-16)22(30)19-9-13-27(14-10-19)33(31,32)21-17(2)25-28(18(21)3)15-20(29)24-23(4,5)6/h16,19H,7-15H2,1-6H3,(H,24,29). The van der Waals surface area contributed by atoms with Crippen molar-refractivity contribution in [3.63, 3.8) is 0 Å². The topological polar surface area (TPSA) is 105 Å². The molecule has 0 bridgehead atoms. The maximum Gasteiger partial charge on any atom is 0.246 e. The van der Waals surface area contributed by atoms with Gasteiger partial charge in [0.05, 0.1) is 11.4 Å². The van der Waals surface area contributed by atoms with E-state index in [1.54, 1.807) is 13.8 Å². The van der Waals surface area contributed by atoms with Gasteiger partial charge in [0.2, 0.25) is 21.8 Å². The van der Waals surface area contributed by atoms with Crippen LogP contribution >= 0.6 is 0 Å². The number of hydrogen-bond donors (Lipinski definition) is 1. The van der Waals surface area contributed by atoms with Crippen molar-refractivity contribution in [3.05, 3.63) is 11.4 Å². The van der Waals surface area contributed by atoms with Gasteiger partial charge in [0.15, 0.2) is 0 Å². The van der Waals surface area contributed by atoms with Crippen LogP contribution in [0.15, 0.2) is 4.90 Å². The molecule has 3 rings (SSSR count). The number of likely N-dealkylation sites (tertiary alicyclic amines) is 1. The largest absolute Gasteiger partial charge is 0.350 e. The lowest BCUT2D eigenvalue weighted by molar-refractivity contribution is -0.138. The lowest BCUT2D eigenvalue weighted by Gasteiger charge is -2.36. The van der Waals surface area contributed by atoms with E-state index in [9.17, 15) is 18.0 Å². The summed E-state index contributed by atoms with van der Waals surface area (Å²) in [4.78, 5) is 27.4. The van der Waals surface area contributed by atoms with Gasteiger partial charge in [-0.1, -0.05) is 6.92 Å². The van der Waals surface area contributed by atoms with Crippen molar-refractivity contribution in [2.24, 2.45) is 11.8 Å². The number of nitrogens with zero attached hydrogens (tertiary/aromatic N) is 4. The van der Waals surface area contributed by atoms with Crippen LogP contribution in [0.1, 0.15) is 64.8 Å². The Kier molecular flexibility index (Phi) is 7.58. The molecule has 2 aliphatic rings. The zero-order valence-corrected chi connectivity index (χ0v) is 21.7. The molecule has 0 unspecified atom stereocenters. The Morgan fingerprint density at radius 3 is 2.15 bits per heavy atom. The normalized spacial score (nSPS) is 19.6. The number of sulfonamides is 1. The van der Waals surface area contributed by atoms with Crippen LogP contribution in [0.25, 0.3) is 0 Å². The smallest absolute Gasteiger partial charge is 0.246 e. The molecule has 0 atom stereocenters. The Balaban J connectivity index is 1.67. The zero-order chi connectivity index (χ0) is 24.6. The highest BCUT2D eigenvalue weighted by molar-refractivity contribution is 7.89. The van der Waals surface area contributed by atoms with Crippen molar-refractivity contribution in [2.45, 2.75) is 84.2 Å². The van der Waals surface area contributed by atoms with Gasteiger partial charge in [-0.25, -0.2) is 8.42 Å². The first-order valence-electron chi connectivity index (χ1n) is 11.9. The quantitative estimate of drug-likeness (QED) is 0.693. The summed E-state index contributed by atoms with van der Waals surface area (Å²) >= 11 is 0. The molecule has 1 aromatic heterocycles. The first-order chi connectivity index (χ1) is 15.3. The van der Waals surface area contributed by atoms with E-state index in [0.717, 1.165) is 25.9 Å². The van der Waals surface area contributed by atoms with Crippen LogP contribution in [0.5, 0.6) is 0 Å². The number of aromatic nitrogens is 2. The second-order valence-electron chi connectivity index (χ2n) is 10.6. The summed E-state index contributed by atoms with van der Waals surface area (Å²) in [6.45, 7) is 13.4. The summed E-state index contributed by atoms with van der Waals surface area (Å²) in [6, 6.07) is 0. The number of aryl methyl sites for hydroxylation is 1. The highest BCUT2D eigenvalue weighted by Gasteiger charge is 2.37. The van der Waals surface area contributed by atoms with Crippen LogP contribution in [0, 0.1) is 25.7 Å². The van der Waals surface area contributed by atoms with Gasteiger partial charge in [0, 0.05) is 37.6 Å². The summed E-state index contributed by atoms with van der Waals surface area (Å²) < 4.78 is 29.8. The molecule has 2 fully saturated rings. The van der Waals surface area contributed by atoms with Gasteiger partial charge < -0.3 is 10.2 Å². The fourth-order valence-corrected chi connectivity index (χ4v) is 6.60. The summed E-state index contributed by atoms with van der Waals surface area (Å²) in [5.41, 5.74) is 0.463. The second-order valence-corrected chi connectivity index (χ2v) is 12.5. The van der Waals surface area contributed by atoms with E-state index in [0.29, 0.717) is 43.2 Å². The van der Waals surface area contributed by atoms with Gasteiger partial charge in [-0.05, 0) is 66.2 Å². The zero-order valence-electron chi connectivity index (χ0n) is 20.8. The number of nitrogens with one attached hydrogen (secondary N) is 1. The Hall–Kier alpha value is -1.94. The predicted molar refractivity (Wildman–Crippen MR) is 126 cm³/mol. The maximum atomic E-state index is 13.4. The monoisotopic (exact) mass is 481 g/mol. The van der Waals surface area contributed by atoms with E-state index in [1.165, 1.54) is 8.99 Å². The molecule has 0 spiro atoms. The Morgan fingerprint density at radius 1 is 1.03 bits per heavy atom. The SMILES string of the molecule is Cc1nn(CC(=O)NC(C)(C)C)c(C)c1S(=O)(=O)N1CCC(C(=O)N2CCC(C)CC2)CC1. The molecule has 186 valence electrons. The summed E-state index contributed by atoms with van der Waals surface area (Å²) in [7, 11) is -3.76. The number of carbonyl (C=O) groups excluding carboxylic acids is 2. The molecule has 0 saturated carbocycles. The fraction of sp³-hybridized carbons (Fsp3) is 0.783. The van der Waals surface area contributed by atoms with E-state index >= 15 is 0 Å². The van der Waals surface area contributed by atoms with Crippen LogP contribution in [-0.4, -0.2) is 70.9 Å². The number of rotatable bonds is 5. The van der Waals surface area contributed by atoms with Gasteiger partial charge in [-0.3, -0.25) is 14.3 Å². The molecular weight excluding hydrogens is 442 g/mol. The second kappa shape index (κ2) is 9.74. The van der Waals surface area contributed by atoms with Crippen LogP contribution in [-0.2, 0) is 26.2 Å². The molecule has 2 aliphatic heterocycles. The van der Waals surface area contributed by atoms with Crippen molar-refractivity contribution in [1.29, 1.82) is 0 Å². The number of piperidine rings is 2. The molecular formula is C23H39N5O4S. The molecule has 0 aromatic carbocycles. The van der Waals surface area contributed by atoms with Gasteiger partial charge in [-0.15, -0.1) is 0 Å². The van der Waals surface area contributed by atoms with Gasteiger partial charge in [-0.2, -0.15) is 9.40 Å². The van der Waals surface area contributed by atoms with E-state index in [1.807, 2.05) is 25.7 Å². The summed E-state index contributed by atoms with van der Waals surface area (Å²) in [5, 5.41) is 7.22. The van der Waals surface area contributed by atoms with Crippen molar-refractivity contribution >= 4 is 21.8 Å². The van der Waals surface area contributed by atoms with Crippen molar-refractivity contribution in [1.82, 2.24) is 24.3 Å². The highest BCUT2D eigenvalue weighted by atomic mass is 32.2.